The molecule has 0 saturated heterocycles. The van der Waals surface area contributed by atoms with E-state index in [1.807, 2.05) is 54.8 Å². The van der Waals surface area contributed by atoms with Gasteiger partial charge in [-0.3, -0.25) is 4.40 Å². The lowest BCUT2D eigenvalue weighted by molar-refractivity contribution is 0.269. The first-order chi connectivity index (χ1) is 10.1. The molecule has 0 aliphatic carbocycles. The van der Waals surface area contributed by atoms with Crippen LogP contribution < -0.4 is 4.74 Å². The molecule has 0 radical (unpaired) electrons. The summed E-state index contributed by atoms with van der Waals surface area (Å²) in [5.74, 6) is 1.07. The van der Waals surface area contributed by atoms with E-state index in [0.29, 0.717) is 17.3 Å². The highest BCUT2D eigenvalue weighted by atomic mass is 35.5. The van der Waals surface area contributed by atoms with Crippen LogP contribution in [0.15, 0.2) is 36.5 Å². The number of imidazole rings is 1. The lowest BCUT2D eigenvalue weighted by Crippen LogP contribution is -1.95. The normalized spacial score (nSPS) is 11.0. The number of hydrogen-bond acceptors (Lipinski definition) is 3. The molecule has 1 aromatic carbocycles. The Morgan fingerprint density at radius 1 is 1.24 bits per heavy atom. The van der Waals surface area contributed by atoms with E-state index in [1.165, 1.54) is 0 Å². The number of aryl methyl sites for hydroxylation is 2. The first kappa shape index (κ1) is 13.9. The van der Waals surface area contributed by atoms with Crippen LogP contribution in [0.3, 0.4) is 0 Å². The standard InChI is InChI=1S/C16H15ClN2O2/c1-10-7-12(8-11(2)15(10)17)21-16-13(9-20)19-6-4-3-5-14(19)18-16/h3-8,20H,9H2,1-2H3. The number of halogens is 1. The molecule has 0 bridgehead atoms. The topological polar surface area (TPSA) is 46.8 Å². The molecular formula is C16H15ClN2O2. The Hall–Kier alpha value is -2.04. The Kier molecular flexibility index (Phi) is 3.57. The third kappa shape index (κ3) is 2.48. The molecule has 0 atom stereocenters. The lowest BCUT2D eigenvalue weighted by atomic mass is 10.1. The number of aliphatic hydroxyl groups excluding tert-OH is 1. The number of hydrogen-bond donors (Lipinski definition) is 1. The predicted octanol–water partition coefficient (Wildman–Crippen LogP) is 3.89. The van der Waals surface area contributed by atoms with Crippen molar-refractivity contribution in [2.24, 2.45) is 0 Å². The molecule has 3 rings (SSSR count). The van der Waals surface area contributed by atoms with E-state index in [2.05, 4.69) is 4.98 Å². The molecule has 0 aliphatic heterocycles. The number of aromatic nitrogens is 2. The zero-order valence-corrected chi connectivity index (χ0v) is 12.6. The highest BCUT2D eigenvalue weighted by molar-refractivity contribution is 6.32. The van der Waals surface area contributed by atoms with Gasteiger partial charge in [0.15, 0.2) is 0 Å². The highest BCUT2D eigenvalue weighted by Gasteiger charge is 2.14. The van der Waals surface area contributed by atoms with E-state index >= 15 is 0 Å². The molecule has 0 aliphatic rings. The molecule has 3 aromatic rings. The summed E-state index contributed by atoms with van der Waals surface area (Å²) in [6, 6.07) is 9.36. The Bertz CT molecular complexity index is 788. The number of fused-ring (bicyclic) bond motifs is 1. The molecule has 0 spiro atoms. The minimum Gasteiger partial charge on any atom is -0.437 e. The van der Waals surface area contributed by atoms with E-state index in [-0.39, 0.29) is 6.61 Å². The molecular weight excluding hydrogens is 288 g/mol. The molecule has 0 unspecified atom stereocenters. The fourth-order valence-corrected chi connectivity index (χ4v) is 2.44. The fourth-order valence-electron chi connectivity index (χ4n) is 2.33. The van der Waals surface area contributed by atoms with E-state index < -0.39 is 0 Å². The number of rotatable bonds is 3. The van der Waals surface area contributed by atoms with E-state index in [0.717, 1.165) is 21.8 Å². The third-order valence-electron chi connectivity index (χ3n) is 3.37. The van der Waals surface area contributed by atoms with Gasteiger partial charge in [-0.05, 0) is 49.2 Å². The molecule has 2 aromatic heterocycles. The second-order valence-electron chi connectivity index (χ2n) is 4.92. The van der Waals surface area contributed by atoms with Gasteiger partial charge in [-0.1, -0.05) is 17.7 Å². The van der Waals surface area contributed by atoms with Crippen molar-refractivity contribution in [1.29, 1.82) is 0 Å². The van der Waals surface area contributed by atoms with E-state index in [1.54, 1.807) is 0 Å². The van der Waals surface area contributed by atoms with Crippen molar-refractivity contribution in [3.8, 4) is 11.6 Å². The average molecular weight is 303 g/mol. The highest BCUT2D eigenvalue weighted by Crippen LogP contribution is 2.30. The van der Waals surface area contributed by atoms with Crippen molar-refractivity contribution in [2.45, 2.75) is 20.5 Å². The molecule has 4 nitrogen and oxygen atoms in total. The summed E-state index contributed by atoms with van der Waals surface area (Å²) in [4.78, 5) is 4.41. The molecule has 2 heterocycles. The Morgan fingerprint density at radius 3 is 2.62 bits per heavy atom. The van der Waals surface area contributed by atoms with Crippen LogP contribution in [0.25, 0.3) is 5.65 Å². The van der Waals surface area contributed by atoms with Gasteiger partial charge in [-0.15, -0.1) is 0 Å². The smallest absolute Gasteiger partial charge is 0.243 e. The molecule has 108 valence electrons. The monoisotopic (exact) mass is 302 g/mol. The molecule has 0 amide bonds. The molecule has 0 fully saturated rings. The summed E-state index contributed by atoms with van der Waals surface area (Å²) < 4.78 is 7.66. The van der Waals surface area contributed by atoms with Crippen LogP contribution in [0.5, 0.6) is 11.6 Å². The van der Waals surface area contributed by atoms with Crippen molar-refractivity contribution >= 4 is 17.2 Å². The van der Waals surface area contributed by atoms with Gasteiger partial charge in [-0.2, -0.15) is 4.98 Å². The third-order valence-corrected chi connectivity index (χ3v) is 3.96. The Labute approximate surface area is 127 Å². The van der Waals surface area contributed by atoms with Crippen LogP contribution in [0.4, 0.5) is 0 Å². The van der Waals surface area contributed by atoms with Crippen LogP contribution >= 0.6 is 11.6 Å². The van der Waals surface area contributed by atoms with Crippen LogP contribution in [-0.2, 0) is 6.61 Å². The summed E-state index contributed by atoms with van der Waals surface area (Å²) >= 11 is 6.16. The second-order valence-corrected chi connectivity index (χ2v) is 5.30. The quantitative estimate of drug-likeness (QED) is 0.798. The minimum absolute atomic E-state index is 0.147. The van der Waals surface area contributed by atoms with Crippen LogP contribution in [0.2, 0.25) is 5.02 Å². The number of benzene rings is 1. The molecule has 0 saturated carbocycles. The van der Waals surface area contributed by atoms with Crippen LogP contribution in [0, 0.1) is 13.8 Å². The van der Waals surface area contributed by atoms with Gasteiger partial charge < -0.3 is 9.84 Å². The molecule has 21 heavy (non-hydrogen) atoms. The summed E-state index contributed by atoms with van der Waals surface area (Å²) in [6.07, 6.45) is 1.85. The summed E-state index contributed by atoms with van der Waals surface area (Å²) in [5, 5.41) is 10.3. The van der Waals surface area contributed by atoms with Crippen LogP contribution in [0.1, 0.15) is 16.8 Å². The first-order valence-electron chi connectivity index (χ1n) is 6.61. The maximum Gasteiger partial charge on any atom is 0.243 e. The van der Waals surface area contributed by atoms with E-state index in [4.69, 9.17) is 16.3 Å². The van der Waals surface area contributed by atoms with Crippen molar-refractivity contribution < 1.29 is 9.84 Å². The van der Waals surface area contributed by atoms with E-state index in [9.17, 15) is 5.11 Å². The number of aliphatic hydroxyl groups is 1. The van der Waals surface area contributed by atoms with Crippen LogP contribution in [-0.4, -0.2) is 14.5 Å². The maximum absolute atomic E-state index is 9.57. The molecule has 1 N–H and O–H groups in total. The van der Waals surface area contributed by atoms with Crippen molar-refractivity contribution in [3.05, 3.63) is 58.4 Å². The number of pyridine rings is 1. The van der Waals surface area contributed by atoms with Crippen molar-refractivity contribution in [2.75, 3.05) is 0 Å². The predicted molar refractivity (Wildman–Crippen MR) is 82.1 cm³/mol. The van der Waals surface area contributed by atoms with Gasteiger partial charge >= 0.3 is 0 Å². The van der Waals surface area contributed by atoms with Crippen molar-refractivity contribution in [1.82, 2.24) is 9.38 Å². The van der Waals surface area contributed by atoms with Gasteiger partial charge in [0.05, 0.1) is 6.61 Å². The Balaban J connectivity index is 2.06. The largest absolute Gasteiger partial charge is 0.437 e. The zero-order valence-electron chi connectivity index (χ0n) is 11.8. The lowest BCUT2D eigenvalue weighted by Gasteiger charge is -2.08. The maximum atomic E-state index is 9.57. The second kappa shape index (κ2) is 5.39. The average Bonchev–Trinajstić information content (AvgIpc) is 2.81. The molecule has 5 heteroatoms. The summed E-state index contributed by atoms with van der Waals surface area (Å²) in [7, 11) is 0. The Morgan fingerprint density at radius 2 is 1.95 bits per heavy atom. The fraction of sp³-hybridized carbons (Fsp3) is 0.188. The zero-order chi connectivity index (χ0) is 15.0. The van der Waals surface area contributed by atoms with Crippen molar-refractivity contribution in [3.63, 3.8) is 0 Å². The SMILES string of the molecule is Cc1cc(Oc2nc3ccccn3c2CO)cc(C)c1Cl. The first-order valence-corrected chi connectivity index (χ1v) is 6.99. The minimum atomic E-state index is -0.147. The number of nitrogens with zero attached hydrogens (tertiary/aromatic N) is 2. The van der Waals surface area contributed by atoms with Gasteiger partial charge in [0.1, 0.15) is 17.1 Å². The number of ether oxygens (including phenoxy) is 1. The summed E-state index contributed by atoms with van der Waals surface area (Å²) in [6.45, 7) is 3.71. The van der Waals surface area contributed by atoms with Gasteiger partial charge in [-0.25, -0.2) is 0 Å². The van der Waals surface area contributed by atoms with Gasteiger partial charge in [0, 0.05) is 11.2 Å². The van der Waals surface area contributed by atoms with Gasteiger partial charge in [0.2, 0.25) is 5.88 Å². The van der Waals surface area contributed by atoms with Gasteiger partial charge in [0.25, 0.3) is 0 Å². The summed E-state index contributed by atoms with van der Waals surface area (Å²) in [5.41, 5.74) is 3.25.